The zero-order valence-corrected chi connectivity index (χ0v) is 11.3. The van der Waals surface area contributed by atoms with Gasteiger partial charge in [0.1, 0.15) is 5.75 Å². The summed E-state index contributed by atoms with van der Waals surface area (Å²) in [7, 11) is 3.36. The molecule has 0 fully saturated rings. The van der Waals surface area contributed by atoms with Crippen LogP contribution < -0.4 is 15.8 Å². The Balaban J connectivity index is 2.51. The fraction of sp³-hybridized carbons (Fsp3) is 0.333. The SMILES string of the molecule is COc1cccc(NC(=O)CN(C)CC(N)=S)c1. The first-order valence-corrected chi connectivity index (χ1v) is 5.83. The molecule has 0 aliphatic heterocycles. The van der Waals surface area contributed by atoms with E-state index in [1.807, 2.05) is 12.1 Å². The van der Waals surface area contributed by atoms with Crippen LogP contribution in [0.1, 0.15) is 0 Å². The van der Waals surface area contributed by atoms with Crippen molar-refractivity contribution in [2.45, 2.75) is 0 Å². The number of hydrogen-bond donors (Lipinski definition) is 2. The highest BCUT2D eigenvalue weighted by atomic mass is 32.1. The summed E-state index contributed by atoms with van der Waals surface area (Å²) < 4.78 is 5.07. The van der Waals surface area contributed by atoms with Gasteiger partial charge in [-0.15, -0.1) is 0 Å². The molecule has 0 bridgehead atoms. The Labute approximate surface area is 112 Å². The highest BCUT2D eigenvalue weighted by Gasteiger charge is 2.07. The third-order valence-electron chi connectivity index (χ3n) is 2.19. The lowest BCUT2D eigenvalue weighted by molar-refractivity contribution is -0.116. The third-order valence-corrected chi connectivity index (χ3v) is 2.32. The van der Waals surface area contributed by atoms with E-state index in [9.17, 15) is 4.79 Å². The van der Waals surface area contributed by atoms with E-state index in [0.29, 0.717) is 23.0 Å². The summed E-state index contributed by atoms with van der Waals surface area (Å²) in [5.74, 6) is 0.575. The Bertz CT molecular complexity index is 437. The van der Waals surface area contributed by atoms with Gasteiger partial charge >= 0.3 is 0 Å². The van der Waals surface area contributed by atoms with Crippen LogP contribution in [0.5, 0.6) is 5.75 Å². The van der Waals surface area contributed by atoms with Gasteiger partial charge in [0.2, 0.25) is 5.91 Å². The Kier molecular flexibility index (Phi) is 5.54. The average molecular weight is 267 g/mol. The van der Waals surface area contributed by atoms with Crippen molar-refractivity contribution in [2.24, 2.45) is 5.73 Å². The number of amides is 1. The number of nitrogens with two attached hydrogens (primary N) is 1. The molecule has 0 saturated heterocycles. The number of nitrogens with one attached hydrogen (secondary N) is 1. The van der Waals surface area contributed by atoms with Crippen molar-refractivity contribution >= 4 is 28.8 Å². The first-order valence-electron chi connectivity index (χ1n) is 5.42. The number of thiocarbonyl (C=S) groups is 1. The molecule has 1 aromatic carbocycles. The summed E-state index contributed by atoms with van der Waals surface area (Å²) in [6.07, 6.45) is 0. The molecule has 3 N–H and O–H groups in total. The molecule has 0 heterocycles. The van der Waals surface area contributed by atoms with E-state index < -0.39 is 0 Å². The monoisotopic (exact) mass is 267 g/mol. The number of likely N-dealkylation sites (N-methyl/N-ethyl adjacent to an activating group) is 1. The molecule has 0 saturated carbocycles. The molecule has 5 nitrogen and oxygen atoms in total. The second kappa shape index (κ2) is 6.93. The maximum Gasteiger partial charge on any atom is 0.238 e. The predicted octanol–water partition coefficient (Wildman–Crippen LogP) is 0.852. The largest absolute Gasteiger partial charge is 0.497 e. The van der Waals surface area contributed by atoms with Crippen LogP contribution in [0.25, 0.3) is 0 Å². The number of benzene rings is 1. The van der Waals surface area contributed by atoms with Gasteiger partial charge in [0.15, 0.2) is 0 Å². The summed E-state index contributed by atoms with van der Waals surface area (Å²) in [6.45, 7) is 0.648. The van der Waals surface area contributed by atoms with Crippen LogP contribution in [0.3, 0.4) is 0 Å². The normalized spacial score (nSPS) is 10.2. The quantitative estimate of drug-likeness (QED) is 0.748. The van der Waals surface area contributed by atoms with Crippen LogP contribution in [-0.2, 0) is 4.79 Å². The summed E-state index contributed by atoms with van der Waals surface area (Å²) in [6, 6.07) is 7.18. The molecule has 1 aromatic rings. The Morgan fingerprint density at radius 1 is 1.50 bits per heavy atom. The maximum atomic E-state index is 11.7. The molecule has 0 spiro atoms. The molecule has 0 aliphatic carbocycles. The molecule has 0 atom stereocenters. The van der Waals surface area contributed by atoms with Gasteiger partial charge in [-0.25, -0.2) is 0 Å². The first-order chi connectivity index (χ1) is 8.51. The summed E-state index contributed by atoms with van der Waals surface area (Å²) in [5.41, 5.74) is 6.10. The highest BCUT2D eigenvalue weighted by Crippen LogP contribution is 2.16. The van der Waals surface area contributed by atoms with Crippen molar-refractivity contribution in [3.05, 3.63) is 24.3 Å². The number of ether oxygens (including phenoxy) is 1. The number of methoxy groups -OCH3 is 1. The van der Waals surface area contributed by atoms with E-state index >= 15 is 0 Å². The smallest absolute Gasteiger partial charge is 0.238 e. The molecule has 0 unspecified atom stereocenters. The molecule has 0 radical (unpaired) electrons. The van der Waals surface area contributed by atoms with Crippen LogP contribution >= 0.6 is 12.2 Å². The predicted molar refractivity (Wildman–Crippen MR) is 75.9 cm³/mol. The average Bonchev–Trinajstić information content (AvgIpc) is 2.27. The molecule has 0 aliphatic rings. The van der Waals surface area contributed by atoms with Crippen molar-refractivity contribution < 1.29 is 9.53 Å². The van der Waals surface area contributed by atoms with Crippen molar-refractivity contribution in [1.82, 2.24) is 4.90 Å². The molecular formula is C12H17N3O2S. The summed E-state index contributed by atoms with van der Waals surface area (Å²) in [5, 5.41) is 2.78. The molecule has 6 heteroatoms. The highest BCUT2D eigenvalue weighted by molar-refractivity contribution is 7.80. The van der Waals surface area contributed by atoms with Gasteiger partial charge in [0.05, 0.1) is 18.6 Å². The van der Waals surface area contributed by atoms with Crippen LogP contribution in [0.4, 0.5) is 5.69 Å². The minimum absolute atomic E-state index is 0.123. The van der Waals surface area contributed by atoms with E-state index in [2.05, 4.69) is 5.32 Å². The summed E-state index contributed by atoms with van der Waals surface area (Å²) >= 11 is 4.78. The lowest BCUT2D eigenvalue weighted by Crippen LogP contribution is -2.35. The van der Waals surface area contributed by atoms with Gasteiger partial charge in [-0.2, -0.15) is 0 Å². The van der Waals surface area contributed by atoms with Gasteiger partial charge in [0, 0.05) is 18.3 Å². The van der Waals surface area contributed by atoms with Crippen molar-refractivity contribution in [1.29, 1.82) is 0 Å². The maximum absolute atomic E-state index is 11.7. The van der Waals surface area contributed by atoms with Crippen molar-refractivity contribution in [3.63, 3.8) is 0 Å². The molecule has 98 valence electrons. The number of anilines is 1. The second-order valence-electron chi connectivity index (χ2n) is 3.92. The zero-order chi connectivity index (χ0) is 13.5. The fourth-order valence-corrected chi connectivity index (χ4v) is 1.69. The van der Waals surface area contributed by atoms with Gasteiger partial charge in [-0.05, 0) is 19.2 Å². The van der Waals surface area contributed by atoms with Crippen molar-refractivity contribution in [2.75, 3.05) is 32.6 Å². The minimum atomic E-state index is -0.123. The number of hydrogen-bond acceptors (Lipinski definition) is 4. The summed E-state index contributed by atoms with van der Waals surface area (Å²) in [4.78, 5) is 13.8. The minimum Gasteiger partial charge on any atom is -0.497 e. The van der Waals surface area contributed by atoms with Crippen LogP contribution in [0, 0.1) is 0 Å². The lowest BCUT2D eigenvalue weighted by atomic mass is 10.3. The first kappa shape index (κ1) is 14.4. The molecular weight excluding hydrogens is 250 g/mol. The number of nitrogens with zero attached hydrogens (tertiary/aromatic N) is 1. The molecule has 1 amide bonds. The van der Waals surface area contributed by atoms with Crippen LogP contribution in [-0.4, -0.2) is 43.0 Å². The third kappa shape index (κ3) is 5.11. The Hall–Kier alpha value is -1.66. The molecule has 18 heavy (non-hydrogen) atoms. The van der Waals surface area contributed by atoms with Crippen LogP contribution in [0.15, 0.2) is 24.3 Å². The van der Waals surface area contributed by atoms with Gasteiger partial charge in [-0.3, -0.25) is 9.69 Å². The Morgan fingerprint density at radius 2 is 2.22 bits per heavy atom. The second-order valence-corrected chi connectivity index (χ2v) is 4.44. The van der Waals surface area contributed by atoms with E-state index in [4.69, 9.17) is 22.7 Å². The number of rotatable bonds is 6. The van der Waals surface area contributed by atoms with E-state index in [-0.39, 0.29) is 12.5 Å². The van der Waals surface area contributed by atoms with E-state index in [1.54, 1.807) is 31.2 Å². The molecule has 1 rings (SSSR count). The topological polar surface area (TPSA) is 67.6 Å². The van der Waals surface area contributed by atoms with Gasteiger partial charge in [0.25, 0.3) is 0 Å². The number of carbonyl (C=O) groups excluding carboxylic acids is 1. The van der Waals surface area contributed by atoms with Gasteiger partial charge in [-0.1, -0.05) is 18.3 Å². The van der Waals surface area contributed by atoms with Gasteiger partial charge < -0.3 is 15.8 Å². The lowest BCUT2D eigenvalue weighted by Gasteiger charge is -2.15. The van der Waals surface area contributed by atoms with E-state index in [1.165, 1.54) is 0 Å². The standard InChI is InChI=1S/C12H17N3O2S/c1-15(7-11(13)18)8-12(16)14-9-4-3-5-10(6-9)17-2/h3-6H,7-8H2,1-2H3,(H2,13,18)(H,14,16). The van der Waals surface area contributed by atoms with Crippen molar-refractivity contribution in [3.8, 4) is 5.75 Å². The van der Waals surface area contributed by atoms with Crippen LogP contribution in [0.2, 0.25) is 0 Å². The Morgan fingerprint density at radius 3 is 2.83 bits per heavy atom. The fourth-order valence-electron chi connectivity index (χ4n) is 1.47. The zero-order valence-electron chi connectivity index (χ0n) is 10.5. The number of carbonyl (C=O) groups is 1. The van der Waals surface area contributed by atoms with E-state index in [0.717, 1.165) is 0 Å². The molecule has 0 aromatic heterocycles.